The Morgan fingerprint density at radius 2 is 2.32 bits per heavy atom. The van der Waals surface area contributed by atoms with E-state index in [0.29, 0.717) is 49.3 Å². The van der Waals surface area contributed by atoms with Crippen molar-refractivity contribution in [2.45, 2.75) is 65.2 Å². The number of unbranched alkanes of at least 4 members (excludes halogenated alkanes) is 1. The summed E-state index contributed by atoms with van der Waals surface area (Å²) in [6, 6.07) is 0.424. The molecule has 0 unspecified atom stereocenters. The fourth-order valence-corrected chi connectivity index (χ4v) is 2.98. The van der Waals surface area contributed by atoms with Crippen molar-refractivity contribution in [3.8, 4) is 0 Å². The highest BCUT2D eigenvalue weighted by Crippen LogP contribution is 2.38. The Hall–Kier alpha value is -1.18. The molecule has 0 spiro atoms. The fraction of sp³-hybridized carbons (Fsp3) is 0.647. The largest absolute Gasteiger partial charge is 0.300 e. The van der Waals surface area contributed by atoms with E-state index in [-0.39, 0.29) is 11.7 Å². The van der Waals surface area contributed by atoms with Gasteiger partial charge in [0.15, 0.2) is 5.78 Å². The van der Waals surface area contributed by atoms with Crippen molar-refractivity contribution in [1.29, 1.82) is 0 Å². The van der Waals surface area contributed by atoms with Gasteiger partial charge in [-0.1, -0.05) is 25.0 Å². The van der Waals surface area contributed by atoms with Crippen LogP contribution in [0.2, 0.25) is 0 Å². The van der Waals surface area contributed by atoms with Crippen LogP contribution in [0.1, 0.15) is 69.3 Å². The minimum absolute atomic E-state index is 0.0605. The average Bonchev–Trinajstić information content (AvgIpc) is 2.87. The highest BCUT2D eigenvalue weighted by Gasteiger charge is 2.29. The number of carbonyl (C=O) groups is 2. The SMILES string of the molecule is [2H]/C1=C(\CCCC)CCC(=O)C[C@H]2CCC(C(=O)C([2H])[2H])=C12. The lowest BCUT2D eigenvalue weighted by molar-refractivity contribution is -0.119. The van der Waals surface area contributed by atoms with Crippen molar-refractivity contribution < 1.29 is 13.7 Å². The van der Waals surface area contributed by atoms with Crippen LogP contribution in [-0.4, -0.2) is 11.6 Å². The van der Waals surface area contributed by atoms with Crippen LogP contribution in [-0.2, 0) is 9.59 Å². The molecule has 1 atom stereocenters. The minimum atomic E-state index is -1.53. The van der Waals surface area contributed by atoms with Crippen molar-refractivity contribution in [3.05, 3.63) is 22.8 Å². The van der Waals surface area contributed by atoms with Gasteiger partial charge in [-0.15, -0.1) is 0 Å². The molecule has 2 aliphatic rings. The van der Waals surface area contributed by atoms with Gasteiger partial charge in [-0.2, -0.15) is 0 Å². The molecule has 0 aromatic heterocycles. The summed E-state index contributed by atoms with van der Waals surface area (Å²) in [5.74, 6) is -0.356. The summed E-state index contributed by atoms with van der Waals surface area (Å²) in [5, 5.41) is 0. The number of fused-ring (bicyclic) bond motifs is 1. The highest BCUT2D eigenvalue weighted by atomic mass is 16.1. The summed E-state index contributed by atoms with van der Waals surface area (Å²) in [6.45, 7) is 0.560. The molecule has 0 aromatic carbocycles. The Balaban J connectivity index is 2.46. The van der Waals surface area contributed by atoms with Crippen molar-refractivity contribution in [3.63, 3.8) is 0 Å². The Kier molecular flexibility index (Phi) is 3.52. The lowest BCUT2D eigenvalue weighted by Crippen LogP contribution is -2.11. The number of hydrogen-bond donors (Lipinski definition) is 0. The van der Waals surface area contributed by atoms with Crippen molar-refractivity contribution in [1.82, 2.24) is 0 Å². The normalized spacial score (nSPS) is 30.5. The summed E-state index contributed by atoms with van der Waals surface area (Å²) >= 11 is 0. The van der Waals surface area contributed by atoms with Crippen LogP contribution >= 0.6 is 0 Å². The number of allylic oxidation sites excluding steroid dienone is 4. The van der Waals surface area contributed by atoms with E-state index in [9.17, 15) is 9.59 Å². The molecular formula is C17H24O2. The second-order valence-electron chi connectivity index (χ2n) is 5.57. The Morgan fingerprint density at radius 1 is 1.47 bits per heavy atom. The first-order chi connectivity index (χ1) is 10.5. The number of carbonyl (C=O) groups excluding carboxylic acids is 2. The van der Waals surface area contributed by atoms with Gasteiger partial charge >= 0.3 is 0 Å². The molecule has 2 rings (SSSR count). The van der Waals surface area contributed by atoms with E-state index in [2.05, 4.69) is 6.92 Å². The predicted octanol–water partition coefficient (Wildman–Crippen LogP) is 4.15. The predicted molar refractivity (Wildman–Crippen MR) is 76.9 cm³/mol. The summed E-state index contributed by atoms with van der Waals surface area (Å²) in [6.07, 6.45) is 5.51. The van der Waals surface area contributed by atoms with Crippen LogP contribution in [0.5, 0.6) is 0 Å². The van der Waals surface area contributed by atoms with Crippen molar-refractivity contribution >= 4 is 11.6 Å². The number of hydrogen-bond acceptors (Lipinski definition) is 2. The van der Waals surface area contributed by atoms with E-state index in [1.165, 1.54) is 0 Å². The molecule has 0 fully saturated rings. The first-order valence-corrected chi connectivity index (χ1v) is 7.28. The molecule has 2 heteroatoms. The Morgan fingerprint density at radius 3 is 3.05 bits per heavy atom. The van der Waals surface area contributed by atoms with Gasteiger partial charge < -0.3 is 0 Å². The van der Waals surface area contributed by atoms with Crippen LogP contribution in [0.15, 0.2) is 22.8 Å². The van der Waals surface area contributed by atoms with E-state index in [1.807, 2.05) is 0 Å². The topological polar surface area (TPSA) is 34.1 Å². The molecule has 2 aliphatic carbocycles. The van der Waals surface area contributed by atoms with E-state index in [0.717, 1.165) is 24.8 Å². The summed E-state index contributed by atoms with van der Waals surface area (Å²) in [4.78, 5) is 24.2. The zero-order chi connectivity index (χ0) is 16.3. The van der Waals surface area contributed by atoms with Gasteiger partial charge in [0.05, 0.1) is 1.37 Å². The van der Waals surface area contributed by atoms with Gasteiger partial charge in [0.1, 0.15) is 5.78 Å². The average molecular weight is 263 g/mol. The van der Waals surface area contributed by atoms with E-state index >= 15 is 0 Å². The number of ketones is 2. The number of Topliss-reactive ketones (excluding diaryl/α,β-unsaturated/α-hetero) is 2. The zero-order valence-electron chi connectivity index (χ0n) is 14.6. The standard InChI is InChI=1S/C17H24O2/c1-3-4-5-13-6-8-15(19)11-14-7-9-16(12(2)18)17(14)10-13/h10,14H,3-9,11H2,1-2H3/b13-10-/t14-/m1/s1/i2D2,10D. The van der Waals surface area contributed by atoms with Gasteiger partial charge in [0, 0.05) is 15.6 Å². The smallest absolute Gasteiger partial charge is 0.156 e. The summed E-state index contributed by atoms with van der Waals surface area (Å²) in [5.41, 5.74) is 2.11. The van der Waals surface area contributed by atoms with Crippen LogP contribution < -0.4 is 0 Å². The third kappa shape index (κ3) is 3.43. The zero-order valence-corrected chi connectivity index (χ0v) is 11.6. The molecule has 104 valence electrons. The van der Waals surface area contributed by atoms with Gasteiger partial charge in [-0.05, 0) is 56.0 Å². The Labute approximate surface area is 120 Å². The lowest BCUT2D eigenvalue weighted by Gasteiger charge is -2.18. The van der Waals surface area contributed by atoms with Gasteiger partial charge in [-0.25, -0.2) is 0 Å². The van der Waals surface area contributed by atoms with Gasteiger partial charge in [0.25, 0.3) is 0 Å². The first kappa shape index (κ1) is 10.6. The van der Waals surface area contributed by atoms with Crippen LogP contribution in [0.4, 0.5) is 0 Å². The van der Waals surface area contributed by atoms with Crippen LogP contribution in [0.3, 0.4) is 0 Å². The fourth-order valence-electron chi connectivity index (χ4n) is 2.98. The molecule has 0 aromatic rings. The molecule has 0 amide bonds. The van der Waals surface area contributed by atoms with E-state index in [4.69, 9.17) is 4.11 Å². The lowest BCUT2D eigenvalue weighted by atomic mass is 9.86. The molecule has 0 saturated carbocycles. The second kappa shape index (κ2) is 6.31. The van der Waals surface area contributed by atoms with Gasteiger partial charge in [0.2, 0.25) is 0 Å². The second-order valence-corrected chi connectivity index (χ2v) is 5.57. The maximum Gasteiger partial charge on any atom is 0.156 e. The molecule has 0 radical (unpaired) electrons. The molecule has 0 heterocycles. The number of rotatable bonds is 4. The highest BCUT2D eigenvalue weighted by molar-refractivity contribution is 5.95. The third-order valence-electron chi connectivity index (χ3n) is 4.10. The molecule has 0 saturated heterocycles. The monoisotopic (exact) mass is 263 g/mol. The molecule has 19 heavy (non-hydrogen) atoms. The maximum atomic E-state index is 12.1. The van der Waals surface area contributed by atoms with Crippen molar-refractivity contribution in [2.75, 3.05) is 0 Å². The molecule has 0 aliphatic heterocycles. The molecule has 0 N–H and O–H groups in total. The van der Waals surface area contributed by atoms with E-state index in [1.54, 1.807) is 0 Å². The summed E-state index contributed by atoms with van der Waals surface area (Å²) < 4.78 is 23.3. The molecular weight excluding hydrogens is 236 g/mol. The maximum absolute atomic E-state index is 12.1. The Bertz CT molecular complexity index is 532. The van der Waals surface area contributed by atoms with E-state index < -0.39 is 12.7 Å². The van der Waals surface area contributed by atoms with Crippen LogP contribution in [0, 0.1) is 5.92 Å². The first-order valence-electron chi connectivity index (χ1n) is 8.93. The summed E-state index contributed by atoms with van der Waals surface area (Å²) in [7, 11) is 0. The molecule has 0 bridgehead atoms. The minimum Gasteiger partial charge on any atom is -0.300 e. The van der Waals surface area contributed by atoms with Crippen molar-refractivity contribution in [2.24, 2.45) is 5.92 Å². The quantitative estimate of drug-likeness (QED) is 0.763. The van der Waals surface area contributed by atoms with Gasteiger partial charge in [-0.3, -0.25) is 9.59 Å². The molecule has 2 nitrogen and oxygen atoms in total. The third-order valence-corrected chi connectivity index (χ3v) is 4.10. The van der Waals surface area contributed by atoms with Crippen LogP contribution in [0.25, 0.3) is 0 Å².